The van der Waals surface area contributed by atoms with Crippen LogP contribution in [0, 0.1) is 17.0 Å². The summed E-state index contributed by atoms with van der Waals surface area (Å²) in [6.45, 7) is 1.94. The summed E-state index contributed by atoms with van der Waals surface area (Å²) in [5.74, 6) is 0.678. The summed E-state index contributed by atoms with van der Waals surface area (Å²) in [5, 5.41) is 11.4. The molecule has 0 aliphatic rings. The number of aryl methyl sites for hydroxylation is 1. The van der Waals surface area contributed by atoms with Crippen molar-refractivity contribution in [2.75, 3.05) is 0 Å². The number of nitro benzene ring substituents is 1. The van der Waals surface area contributed by atoms with Crippen molar-refractivity contribution >= 4 is 17.3 Å². The first kappa shape index (κ1) is 14.3. The number of rotatable bonds is 3. The Kier molecular flexibility index (Phi) is 3.65. The first-order chi connectivity index (χ1) is 10.5. The van der Waals surface area contributed by atoms with Gasteiger partial charge in [-0.05, 0) is 31.2 Å². The van der Waals surface area contributed by atoms with Crippen molar-refractivity contribution in [1.82, 2.24) is 9.97 Å². The fourth-order valence-corrected chi connectivity index (χ4v) is 2.35. The molecule has 1 heterocycles. The largest absolute Gasteiger partial charge is 0.342 e. The van der Waals surface area contributed by atoms with Crippen molar-refractivity contribution in [2.45, 2.75) is 6.92 Å². The minimum absolute atomic E-state index is 0.0601. The van der Waals surface area contributed by atoms with Crippen molar-refractivity contribution < 1.29 is 4.92 Å². The lowest BCUT2D eigenvalue weighted by Crippen LogP contribution is -1.87. The molecule has 0 saturated heterocycles. The molecular formula is C16H12ClN3O2. The number of imidazole rings is 1. The minimum Gasteiger partial charge on any atom is -0.342 e. The molecule has 0 spiro atoms. The van der Waals surface area contributed by atoms with E-state index in [1.807, 2.05) is 31.2 Å². The number of halogens is 1. The number of hydrogen-bond acceptors (Lipinski definition) is 3. The molecule has 0 amide bonds. The third-order valence-electron chi connectivity index (χ3n) is 3.35. The molecule has 0 fully saturated rings. The van der Waals surface area contributed by atoms with Gasteiger partial charge >= 0.3 is 0 Å². The Labute approximate surface area is 131 Å². The zero-order chi connectivity index (χ0) is 15.7. The monoisotopic (exact) mass is 313 g/mol. The zero-order valence-corrected chi connectivity index (χ0v) is 12.5. The van der Waals surface area contributed by atoms with Crippen LogP contribution in [0.3, 0.4) is 0 Å². The smallest absolute Gasteiger partial charge is 0.269 e. The van der Waals surface area contributed by atoms with Crippen molar-refractivity contribution in [3.05, 3.63) is 69.4 Å². The van der Waals surface area contributed by atoms with E-state index in [9.17, 15) is 10.1 Å². The number of nitrogens with one attached hydrogen (secondary N) is 1. The number of H-pyrrole nitrogens is 1. The predicted octanol–water partition coefficient (Wildman–Crippen LogP) is 4.61. The van der Waals surface area contributed by atoms with Crippen LogP contribution in [0.25, 0.3) is 22.6 Å². The van der Waals surface area contributed by atoms with Crippen LogP contribution < -0.4 is 0 Å². The van der Waals surface area contributed by atoms with Gasteiger partial charge in [-0.15, -0.1) is 0 Å². The fraction of sp³-hybridized carbons (Fsp3) is 0.0625. The molecule has 6 heteroatoms. The van der Waals surface area contributed by atoms with Gasteiger partial charge in [0.25, 0.3) is 5.69 Å². The van der Waals surface area contributed by atoms with Crippen LogP contribution in [0.1, 0.15) is 5.69 Å². The highest BCUT2D eigenvalue weighted by atomic mass is 35.5. The number of nitro groups is 1. The normalized spacial score (nSPS) is 10.6. The number of aromatic amines is 1. The molecule has 3 aromatic rings. The summed E-state index contributed by atoms with van der Waals surface area (Å²) in [7, 11) is 0. The van der Waals surface area contributed by atoms with E-state index in [2.05, 4.69) is 9.97 Å². The van der Waals surface area contributed by atoms with E-state index >= 15 is 0 Å². The molecule has 22 heavy (non-hydrogen) atoms. The Hall–Kier alpha value is -2.66. The summed E-state index contributed by atoms with van der Waals surface area (Å²) in [6.07, 6.45) is 0. The Morgan fingerprint density at radius 3 is 2.23 bits per heavy atom. The van der Waals surface area contributed by atoms with Crippen LogP contribution in [0.4, 0.5) is 5.69 Å². The van der Waals surface area contributed by atoms with E-state index in [1.54, 1.807) is 12.1 Å². The second kappa shape index (κ2) is 5.61. The molecule has 1 aromatic heterocycles. The Morgan fingerprint density at radius 2 is 1.64 bits per heavy atom. The highest BCUT2D eigenvalue weighted by Gasteiger charge is 2.12. The van der Waals surface area contributed by atoms with Gasteiger partial charge in [-0.25, -0.2) is 4.98 Å². The number of non-ortho nitro benzene ring substituents is 1. The van der Waals surface area contributed by atoms with Crippen molar-refractivity contribution in [3.8, 4) is 22.6 Å². The number of benzene rings is 2. The van der Waals surface area contributed by atoms with Crippen molar-refractivity contribution in [3.63, 3.8) is 0 Å². The molecule has 3 rings (SSSR count). The first-order valence-electron chi connectivity index (χ1n) is 6.62. The number of nitrogens with zero attached hydrogens (tertiary/aromatic N) is 2. The van der Waals surface area contributed by atoms with Gasteiger partial charge in [-0.1, -0.05) is 23.7 Å². The molecule has 0 unspecified atom stereocenters. The van der Waals surface area contributed by atoms with E-state index in [0.717, 1.165) is 22.5 Å². The summed E-state index contributed by atoms with van der Waals surface area (Å²) in [4.78, 5) is 18.1. The molecule has 0 radical (unpaired) electrons. The molecule has 0 atom stereocenters. The quantitative estimate of drug-likeness (QED) is 0.566. The van der Waals surface area contributed by atoms with E-state index in [0.29, 0.717) is 10.8 Å². The average Bonchev–Trinajstić information content (AvgIpc) is 2.90. The van der Waals surface area contributed by atoms with E-state index < -0.39 is 4.92 Å². The second-order valence-electron chi connectivity index (χ2n) is 4.87. The minimum atomic E-state index is -0.420. The van der Waals surface area contributed by atoms with Gasteiger partial charge in [-0.3, -0.25) is 10.1 Å². The topological polar surface area (TPSA) is 71.8 Å². The molecule has 0 aliphatic heterocycles. The van der Waals surface area contributed by atoms with Gasteiger partial charge in [0.1, 0.15) is 5.82 Å². The zero-order valence-electron chi connectivity index (χ0n) is 11.7. The van der Waals surface area contributed by atoms with Crippen LogP contribution >= 0.6 is 11.6 Å². The van der Waals surface area contributed by atoms with Gasteiger partial charge in [0.2, 0.25) is 0 Å². The molecule has 1 N–H and O–H groups in total. The maximum absolute atomic E-state index is 10.7. The van der Waals surface area contributed by atoms with Crippen LogP contribution in [-0.4, -0.2) is 14.9 Å². The Balaban J connectivity index is 1.98. The van der Waals surface area contributed by atoms with Crippen LogP contribution in [0.5, 0.6) is 0 Å². The molecule has 110 valence electrons. The highest BCUT2D eigenvalue weighted by molar-refractivity contribution is 6.30. The summed E-state index contributed by atoms with van der Waals surface area (Å²) < 4.78 is 0. The summed E-state index contributed by atoms with van der Waals surface area (Å²) in [5.41, 5.74) is 3.59. The molecule has 0 saturated carbocycles. The van der Waals surface area contributed by atoms with Gasteiger partial charge in [-0.2, -0.15) is 0 Å². The molecule has 5 nitrogen and oxygen atoms in total. The Morgan fingerprint density at radius 1 is 1.05 bits per heavy atom. The second-order valence-corrected chi connectivity index (χ2v) is 5.31. The standard InChI is InChI=1S/C16H12ClN3O2/c1-10-15(11-2-6-13(17)7-3-11)19-16(18-10)12-4-8-14(9-5-12)20(21)22/h2-9H,1H3,(H,18,19). The van der Waals surface area contributed by atoms with Gasteiger partial charge < -0.3 is 4.98 Å². The molecule has 2 aromatic carbocycles. The maximum atomic E-state index is 10.7. The number of hydrogen-bond donors (Lipinski definition) is 1. The lowest BCUT2D eigenvalue weighted by Gasteiger charge is -1.98. The SMILES string of the molecule is Cc1[nH]c(-c2ccc([N+](=O)[O-])cc2)nc1-c1ccc(Cl)cc1. The van der Waals surface area contributed by atoms with Crippen molar-refractivity contribution in [2.24, 2.45) is 0 Å². The van der Waals surface area contributed by atoms with E-state index in [-0.39, 0.29) is 5.69 Å². The lowest BCUT2D eigenvalue weighted by molar-refractivity contribution is -0.384. The van der Waals surface area contributed by atoms with Crippen molar-refractivity contribution in [1.29, 1.82) is 0 Å². The van der Waals surface area contributed by atoms with Gasteiger partial charge in [0.15, 0.2) is 0 Å². The Bertz CT molecular complexity index is 824. The molecular weight excluding hydrogens is 302 g/mol. The lowest BCUT2D eigenvalue weighted by atomic mass is 10.1. The fourth-order valence-electron chi connectivity index (χ4n) is 2.23. The average molecular weight is 314 g/mol. The predicted molar refractivity (Wildman–Crippen MR) is 85.9 cm³/mol. The maximum Gasteiger partial charge on any atom is 0.269 e. The summed E-state index contributed by atoms with van der Waals surface area (Å²) >= 11 is 5.90. The third-order valence-corrected chi connectivity index (χ3v) is 3.61. The van der Waals surface area contributed by atoms with Crippen LogP contribution in [-0.2, 0) is 0 Å². The van der Waals surface area contributed by atoms with E-state index in [1.165, 1.54) is 12.1 Å². The summed E-state index contributed by atoms with van der Waals surface area (Å²) in [6, 6.07) is 13.7. The van der Waals surface area contributed by atoms with Gasteiger partial charge in [0, 0.05) is 34.0 Å². The van der Waals surface area contributed by atoms with Crippen LogP contribution in [0.2, 0.25) is 5.02 Å². The van der Waals surface area contributed by atoms with Crippen LogP contribution in [0.15, 0.2) is 48.5 Å². The van der Waals surface area contributed by atoms with E-state index in [4.69, 9.17) is 11.6 Å². The molecule has 0 aliphatic carbocycles. The molecule has 0 bridgehead atoms. The van der Waals surface area contributed by atoms with Gasteiger partial charge in [0.05, 0.1) is 10.6 Å². The first-order valence-corrected chi connectivity index (χ1v) is 7.00. The third kappa shape index (κ3) is 2.71. The number of aromatic nitrogens is 2. The highest BCUT2D eigenvalue weighted by Crippen LogP contribution is 2.27.